The average molecular weight is 636 g/mol. The number of anilines is 1. The number of amides is 1. The topological polar surface area (TPSA) is 92.0 Å². The maximum atomic E-state index is 13.7. The van der Waals surface area contributed by atoms with Crippen LogP contribution in [-0.2, 0) is 22.7 Å². The number of hydrogen-bond donors (Lipinski definition) is 1. The Morgan fingerprint density at radius 1 is 0.911 bits per heavy atom. The molecule has 12 heteroatoms. The van der Waals surface area contributed by atoms with Crippen molar-refractivity contribution in [1.82, 2.24) is 5.32 Å². The van der Waals surface area contributed by atoms with E-state index in [0.717, 1.165) is 28.3 Å². The van der Waals surface area contributed by atoms with E-state index in [1.54, 1.807) is 18.2 Å². The number of nitrogens with zero attached hydrogens (tertiary/aromatic N) is 2. The largest absolute Gasteiger partial charge is 0.455 e. The normalized spacial score (nSPS) is 13.1. The molecular formula is C33H25F4N3O4S. The number of aliphatic imine (C=N–C) groups is 1. The fourth-order valence-corrected chi connectivity index (χ4v) is 5.88. The molecule has 0 radical (unpaired) electrons. The number of benzene rings is 4. The summed E-state index contributed by atoms with van der Waals surface area (Å²) in [4.78, 5) is 17.8. The third-order valence-electron chi connectivity index (χ3n) is 7.77. The maximum Gasteiger partial charge on any atom is 0.416 e. The summed E-state index contributed by atoms with van der Waals surface area (Å²) >= 11 is 0. The lowest BCUT2D eigenvalue weighted by Gasteiger charge is -2.21. The van der Waals surface area contributed by atoms with Gasteiger partial charge in [0.25, 0.3) is 5.91 Å². The SMILES string of the molecule is CNC(=O)c1c(-c2ccc(F)cc2)oc2cc(N(C)S(C)(=O)=O)c(-c3ccc4c(c3)C(c3ccc(C(F)(F)F)cc3)=NC4)cc12. The average Bonchev–Trinajstić information content (AvgIpc) is 3.60. The summed E-state index contributed by atoms with van der Waals surface area (Å²) in [6.07, 6.45) is -3.42. The monoisotopic (exact) mass is 635 g/mol. The summed E-state index contributed by atoms with van der Waals surface area (Å²) in [7, 11) is -0.905. The smallest absolute Gasteiger partial charge is 0.416 e. The predicted octanol–water partition coefficient (Wildman–Crippen LogP) is 7.03. The summed E-state index contributed by atoms with van der Waals surface area (Å²) in [5, 5.41) is 3.00. The molecule has 230 valence electrons. The number of carbonyl (C=O) groups excluding carboxylic acids is 1. The van der Waals surface area contributed by atoms with Crippen LogP contribution in [0.15, 0.2) is 88.3 Å². The maximum absolute atomic E-state index is 13.7. The third-order valence-corrected chi connectivity index (χ3v) is 8.96. The van der Waals surface area contributed by atoms with Crippen LogP contribution in [0.1, 0.15) is 32.6 Å². The Morgan fingerprint density at radius 2 is 1.56 bits per heavy atom. The van der Waals surface area contributed by atoms with E-state index in [9.17, 15) is 30.8 Å². The van der Waals surface area contributed by atoms with Gasteiger partial charge in [0.2, 0.25) is 10.0 Å². The van der Waals surface area contributed by atoms with Crippen molar-refractivity contribution in [2.24, 2.45) is 4.99 Å². The third kappa shape index (κ3) is 5.46. The van der Waals surface area contributed by atoms with Crippen LogP contribution in [0.2, 0.25) is 0 Å². The summed E-state index contributed by atoms with van der Waals surface area (Å²) in [6.45, 7) is 0.324. The van der Waals surface area contributed by atoms with Crippen LogP contribution in [0, 0.1) is 5.82 Å². The summed E-state index contributed by atoms with van der Waals surface area (Å²) in [5.74, 6) is -0.749. The van der Waals surface area contributed by atoms with Crippen molar-refractivity contribution in [1.29, 1.82) is 0 Å². The zero-order valence-electron chi connectivity index (χ0n) is 24.2. The molecule has 0 bridgehead atoms. The molecule has 0 atom stereocenters. The van der Waals surface area contributed by atoms with Crippen molar-refractivity contribution in [3.8, 4) is 22.5 Å². The number of hydrogen-bond acceptors (Lipinski definition) is 5. The highest BCUT2D eigenvalue weighted by Crippen LogP contribution is 2.42. The predicted molar refractivity (Wildman–Crippen MR) is 164 cm³/mol. The number of sulfonamides is 1. The van der Waals surface area contributed by atoms with Crippen molar-refractivity contribution >= 4 is 38.3 Å². The van der Waals surface area contributed by atoms with Crippen LogP contribution in [0.25, 0.3) is 33.4 Å². The van der Waals surface area contributed by atoms with Gasteiger partial charge >= 0.3 is 6.18 Å². The molecule has 1 aliphatic heterocycles. The highest BCUT2D eigenvalue weighted by Gasteiger charge is 2.31. The second-order valence-electron chi connectivity index (χ2n) is 10.6. The molecule has 1 amide bonds. The van der Waals surface area contributed by atoms with Gasteiger partial charge in [0, 0.05) is 47.8 Å². The van der Waals surface area contributed by atoms with Gasteiger partial charge in [-0.25, -0.2) is 12.8 Å². The second kappa shape index (κ2) is 10.9. The van der Waals surface area contributed by atoms with Gasteiger partial charge in [-0.3, -0.25) is 14.1 Å². The molecule has 4 aromatic carbocycles. The van der Waals surface area contributed by atoms with Gasteiger partial charge in [0.05, 0.1) is 35.3 Å². The van der Waals surface area contributed by atoms with Gasteiger partial charge in [-0.2, -0.15) is 13.2 Å². The molecule has 0 spiro atoms. The van der Waals surface area contributed by atoms with Gasteiger partial charge in [0.1, 0.15) is 17.2 Å². The molecule has 0 saturated carbocycles. The molecule has 0 unspecified atom stereocenters. The second-order valence-corrected chi connectivity index (χ2v) is 12.6. The molecule has 2 heterocycles. The van der Waals surface area contributed by atoms with Gasteiger partial charge in [0.15, 0.2) is 0 Å². The molecule has 1 aromatic heterocycles. The first-order valence-corrected chi connectivity index (χ1v) is 15.5. The first kappa shape index (κ1) is 30.1. The minimum absolute atomic E-state index is 0.181. The van der Waals surface area contributed by atoms with E-state index in [2.05, 4.69) is 10.3 Å². The van der Waals surface area contributed by atoms with Crippen LogP contribution in [0.3, 0.4) is 0 Å². The standard InChI is InChI=1S/C33H25F4N3O4S/c1-38-32(41)29-26-15-24(27(40(2)45(3,42)43)16-28(26)44-31(29)19-8-12-23(34)13-9-19)20-4-5-21-17-39-30(25(21)14-20)18-6-10-22(11-7-18)33(35,36)37/h4-16H,17H2,1-3H3,(H,38,41). The number of fused-ring (bicyclic) bond motifs is 2. The first-order chi connectivity index (χ1) is 21.3. The Balaban J connectivity index is 1.55. The molecule has 6 rings (SSSR count). The molecule has 1 N–H and O–H groups in total. The molecule has 5 aromatic rings. The quantitative estimate of drug-likeness (QED) is 0.203. The first-order valence-electron chi connectivity index (χ1n) is 13.6. The van der Waals surface area contributed by atoms with Gasteiger partial charge in [-0.05, 0) is 59.7 Å². The van der Waals surface area contributed by atoms with Crippen molar-refractivity contribution in [2.75, 3.05) is 24.7 Å². The molecule has 0 fully saturated rings. The summed E-state index contributed by atoms with van der Waals surface area (Å²) in [6, 6.07) is 18.8. The van der Waals surface area contributed by atoms with Crippen LogP contribution >= 0.6 is 0 Å². The van der Waals surface area contributed by atoms with Crippen molar-refractivity contribution in [2.45, 2.75) is 12.7 Å². The van der Waals surface area contributed by atoms with Gasteiger partial charge < -0.3 is 9.73 Å². The molecular weight excluding hydrogens is 610 g/mol. The van der Waals surface area contributed by atoms with E-state index in [4.69, 9.17) is 4.42 Å². The lowest BCUT2D eigenvalue weighted by molar-refractivity contribution is -0.137. The van der Waals surface area contributed by atoms with Crippen molar-refractivity contribution in [3.63, 3.8) is 0 Å². The number of halogens is 4. The molecule has 0 aliphatic carbocycles. The van der Waals surface area contributed by atoms with Crippen LogP contribution in [-0.4, -0.2) is 40.4 Å². The Hall–Kier alpha value is -4.97. The van der Waals surface area contributed by atoms with E-state index in [-0.39, 0.29) is 22.6 Å². The zero-order valence-corrected chi connectivity index (χ0v) is 25.0. The summed E-state index contributed by atoms with van der Waals surface area (Å²) in [5.41, 5.74) is 3.93. The molecule has 1 aliphatic rings. The number of alkyl halides is 3. The van der Waals surface area contributed by atoms with E-state index in [1.807, 2.05) is 6.07 Å². The minimum atomic E-state index is -4.47. The highest BCUT2D eigenvalue weighted by atomic mass is 32.2. The number of rotatable bonds is 6. The molecule has 0 saturated heterocycles. The van der Waals surface area contributed by atoms with E-state index < -0.39 is 33.5 Å². The number of furan rings is 1. The highest BCUT2D eigenvalue weighted by molar-refractivity contribution is 7.92. The van der Waals surface area contributed by atoms with Gasteiger partial charge in [-0.15, -0.1) is 0 Å². The van der Waals surface area contributed by atoms with Crippen LogP contribution in [0.5, 0.6) is 0 Å². The number of carbonyl (C=O) groups is 1. The Kier molecular flexibility index (Phi) is 7.27. The van der Waals surface area contributed by atoms with E-state index in [0.29, 0.717) is 45.5 Å². The van der Waals surface area contributed by atoms with Crippen LogP contribution < -0.4 is 9.62 Å². The fourth-order valence-electron chi connectivity index (χ4n) is 5.37. The van der Waals surface area contributed by atoms with E-state index >= 15 is 0 Å². The Morgan fingerprint density at radius 3 is 2.18 bits per heavy atom. The van der Waals surface area contributed by atoms with Crippen LogP contribution in [0.4, 0.5) is 23.2 Å². The molecule has 7 nitrogen and oxygen atoms in total. The number of nitrogens with one attached hydrogen (secondary N) is 1. The lowest BCUT2D eigenvalue weighted by Crippen LogP contribution is -2.25. The van der Waals surface area contributed by atoms with E-state index in [1.165, 1.54) is 56.6 Å². The van der Waals surface area contributed by atoms with Gasteiger partial charge in [-0.1, -0.05) is 24.3 Å². The Labute approximate surface area is 255 Å². The minimum Gasteiger partial charge on any atom is -0.455 e. The summed E-state index contributed by atoms with van der Waals surface area (Å²) < 4.78 is 85.9. The molecule has 45 heavy (non-hydrogen) atoms. The zero-order chi connectivity index (χ0) is 32.3. The van der Waals surface area contributed by atoms with Crippen molar-refractivity contribution < 1.29 is 35.2 Å². The fraction of sp³-hybridized carbons (Fsp3) is 0.152. The lowest BCUT2D eigenvalue weighted by atomic mass is 9.93. The Bertz CT molecular complexity index is 2120. The van der Waals surface area contributed by atoms with Crippen molar-refractivity contribution in [3.05, 3.63) is 112 Å².